The van der Waals surface area contributed by atoms with E-state index in [0.717, 1.165) is 22.7 Å². The monoisotopic (exact) mass is 768 g/mol. The lowest BCUT2D eigenvalue weighted by Crippen LogP contribution is -2.12. The molecule has 2 nitrogen and oxygen atoms in total. The number of para-hydroxylation sites is 2. The van der Waals surface area contributed by atoms with E-state index in [1.807, 2.05) is 11.3 Å². The average molecular weight is 769 g/mol. The highest BCUT2D eigenvalue weighted by molar-refractivity contribution is 7.26. The van der Waals surface area contributed by atoms with Gasteiger partial charge in [-0.3, -0.25) is 0 Å². The zero-order chi connectivity index (χ0) is 38.9. The lowest BCUT2D eigenvalue weighted by atomic mass is 9.94. The minimum absolute atomic E-state index is 1.10. The zero-order valence-corrected chi connectivity index (χ0v) is 32.9. The third-order valence-electron chi connectivity index (χ3n) is 11.9. The lowest BCUT2D eigenvalue weighted by Gasteiger charge is -2.29. The summed E-state index contributed by atoms with van der Waals surface area (Å²) in [5.41, 5.74) is 11.6. The first-order chi connectivity index (χ1) is 29.2. The molecule has 0 atom stereocenters. The van der Waals surface area contributed by atoms with E-state index in [1.54, 1.807) is 0 Å². The Morgan fingerprint density at radius 1 is 0.356 bits per heavy atom. The van der Waals surface area contributed by atoms with Crippen molar-refractivity contribution in [3.63, 3.8) is 0 Å². The highest BCUT2D eigenvalue weighted by Gasteiger charge is 2.24. The second kappa shape index (κ2) is 13.6. The quantitative estimate of drug-likeness (QED) is 0.164. The van der Waals surface area contributed by atoms with Crippen LogP contribution in [0.2, 0.25) is 0 Å². The number of hydrogen-bond acceptors (Lipinski definition) is 2. The Bertz CT molecular complexity index is 3560. The van der Waals surface area contributed by atoms with Crippen LogP contribution in [0.25, 0.3) is 91.5 Å². The molecule has 2 aromatic heterocycles. The number of aromatic nitrogens is 1. The average Bonchev–Trinajstić information content (AvgIpc) is 3.84. The summed E-state index contributed by atoms with van der Waals surface area (Å²) >= 11 is 1.87. The van der Waals surface area contributed by atoms with Gasteiger partial charge in [0.25, 0.3) is 0 Å². The van der Waals surface area contributed by atoms with Gasteiger partial charge in [-0.15, -0.1) is 11.3 Å². The standard InChI is InChI=1S/C56H36N2S/c1-3-15-38(16-4-1)48-33-43(42-27-26-37-14-7-8-17-39(37)32-42)28-31-51(48)58(52-24-13-25-54-56(52)49-34-40-18-9-10-19-41(40)35-55(49)59-54)45-29-30-47-46-22-11-12-23-50(46)57(53(47)36-45)44-20-5-2-6-21-44/h1-36H. The molecule has 0 fully saturated rings. The van der Waals surface area contributed by atoms with Crippen LogP contribution in [0, 0.1) is 0 Å². The molecular weight excluding hydrogens is 733 g/mol. The van der Waals surface area contributed by atoms with Crippen LogP contribution in [0.1, 0.15) is 0 Å². The minimum Gasteiger partial charge on any atom is -0.309 e. The van der Waals surface area contributed by atoms with Crippen molar-refractivity contribution in [2.45, 2.75) is 0 Å². The number of anilines is 3. The summed E-state index contributed by atoms with van der Waals surface area (Å²) < 4.78 is 4.98. The van der Waals surface area contributed by atoms with Gasteiger partial charge in [-0.2, -0.15) is 0 Å². The highest BCUT2D eigenvalue weighted by Crippen LogP contribution is 2.49. The maximum Gasteiger partial charge on any atom is 0.0561 e. The van der Waals surface area contributed by atoms with Gasteiger partial charge in [-0.25, -0.2) is 0 Å². The molecule has 276 valence electrons. The van der Waals surface area contributed by atoms with Crippen molar-refractivity contribution in [1.29, 1.82) is 0 Å². The summed E-state index contributed by atoms with van der Waals surface area (Å²) in [5.74, 6) is 0. The van der Waals surface area contributed by atoms with Gasteiger partial charge in [0.2, 0.25) is 0 Å². The fourth-order valence-electron chi connectivity index (χ4n) is 9.17. The molecule has 0 aliphatic carbocycles. The Morgan fingerprint density at radius 3 is 1.85 bits per heavy atom. The number of nitrogens with zero attached hydrogens (tertiary/aromatic N) is 2. The molecule has 10 aromatic carbocycles. The molecule has 2 heterocycles. The fourth-order valence-corrected chi connectivity index (χ4v) is 10.3. The van der Waals surface area contributed by atoms with E-state index >= 15 is 0 Å². The van der Waals surface area contributed by atoms with Crippen LogP contribution in [0.3, 0.4) is 0 Å². The first kappa shape index (κ1) is 33.7. The van der Waals surface area contributed by atoms with Gasteiger partial charge in [0.15, 0.2) is 0 Å². The molecule has 0 saturated heterocycles. The summed E-state index contributed by atoms with van der Waals surface area (Å²) in [6.07, 6.45) is 0. The summed E-state index contributed by atoms with van der Waals surface area (Å²) in [4.78, 5) is 2.52. The second-order valence-corrected chi connectivity index (χ2v) is 16.4. The van der Waals surface area contributed by atoms with Crippen LogP contribution in [-0.2, 0) is 0 Å². The normalized spacial score (nSPS) is 11.7. The van der Waals surface area contributed by atoms with E-state index in [0.29, 0.717) is 0 Å². The zero-order valence-electron chi connectivity index (χ0n) is 32.1. The van der Waals surface area contributed by atoms with E-state index < -0.39 is 0 Å². The molecule has 59 heavy (non-hydrogen) atoms. The van der Waals surface area contributed by atoms with Gasteiger partial charge in [0.1, 0.15) is 0 Å². The third kappa shape index (κ3) is 5.55. The Balaban J connectivity index is 1.17. The first-order valence-corrected chi connectivity index (χ1v) is 21.0. The molecule has 0 saturated carbocycles. The Hall–Kier alpha value is -7.46. The maximum absolute atomic E-state index is 2.52. The second-order valence-electron chi connectivity index (χ2n) is 15.3. The van der Waals surface area contributed by atoms with E-state index in [-0.39, 0.29) is 0 Å². The van der Waals surface area contributed by atoms with Crippen molar-refractivity contribution in [1.82, 2.24) is 4.57 Å². The van der Waals surface area contributed by atoms with Crippen molar-refractivity contribution in [2.75, 3.05) is 4.90 Å². The molecule has 0 aliphatic rings. The number of rotatable bonds is 6. The maximum atomic E-state index is 2.52. The smallest absolute Gasteiger partial charge is 0.0561 e. The molecule has 12 rings (SSSR count). The van der Waals surface area contributed by atoms with Crippen LogP contribution in [-0.4, -0.2) is 4.57 Å². The topological polar surface area (TPSA) is 8.17 Å². The third-order valence-corrected chi connectivity index (χ3v) is 13.0. The van der Waals surface area contributed by atoms with Gasteiger partial charge in [-0.05, 0) is 111 Å². The molecule has 0 amide bonds. The molecule has 0 bridgehead atoms. The summed E-state index contributed by atoms with van der Waals surface area (Å²) in [5, 5.41) is 10.0. The predicted molar refractivity (Wildman–Crippen MR) is 254 cm³/mol. The van der Waals surface area contributed by atoms with Gasteiger partial charge < -0.3 is 9.47 Å². The van der Waals surface area contributed by atoms with E-state index in [2.05, 4.69) is 228 Å². The van der Waals surface area contributed by atoms with Crippen LogP contribution >= 0.6 is 11.3 Å². The summed E-state index contributed by atoms with van der Waals surface area (Å²) in [6.45, 7) is 0. The van der Waals surface area contributed by atoms with Crippen molar-refractivity contribution in [2.24, 2.45) is 0 Å². The Labute approximate surface area is 346 Å². The molecule has 0 aliphatic heterocycles. The van der Waals surface area contributed by atoms with Crippen LogP contribution in [0.5, 0.6) is 0 Å². The van der Waals surface area contributed by atoms with Gasteiger partial charge in [0, 0.05) is 47.9 Å². The molecule has 12 aromatic rings. The van der Waals surface area contributed by atoms with Gasteiger partial charge >= 0.3 is 0 Å². The molecule has 0 spiro atoms. The lowest BCUT2D eigenvalue weighted by molar-refractivity contribution is 1.18. The molecule has 0 radical (unpaired) electrons. The molecule has 0 unspecified atom stereocenters. The largest absolute Gasteiger partial charge is 0.309 e. The Kier molecular flexibility index (Phi) is 7.75. The molecule has 3 heteroatoms. The summed E-state index contributed by atoms with van der Waals surface area (Å²) in [7, 11) is 0. The number of hydrogen-bond donors (Lipinski definition) is 0. The van der Waals surface area contributed by atoms with Crippen LogP contribution in [0.4, 0.5) is 17.1 Å². The van der Waals surface area contributed by atoms with Crippen molar-refractivity contribution in [3.05, 3.63) is 218 Å². The number of thiophene rings is 1. The van der Waals surface area contributed by atoms with E-state index in [9.17, 15) is 0 Å². The van der Waals surface area contributed by atoms with Crippen LogP contribution < -0.4 is 4.90 Å². The Morgan fingerprint density at radius 2 is 1.02 bits per heavy atom. The van der Waals surface area contributed by atoms with E-state index in [1.165, 1.54) is 85.8 Å². The van der Waals surface area contributed by atoms with Crippen LogP contribution in [0.15, 0.2) is 218 Å². The first-order valence-electron chi connectivity index (χ1n) is 20.2. The summed E-state index contributed by atoms with van der Waals surface area (Å²) in [6, 6.07) is 80.2. The number of benzene rings is 10. The number of fused-ring (bicyclic) bond motifs is 8. The minimum atomic E-state index is 1.10. The predicted octanol–water partition coefficient (Wildman–Crippen LogP) is 16.3. The SMILES string of the molecule is c1ccc(-c2cc(-c3ccc4ccccc4c3)ccc2N(c2ccc3c4ccccc4n(-c4ccccc4)c3c2)c2cccc3sc4cc5ccccc5cc4c23)cc1. The fraction of sp³-hybridized carbons (Fsp3) is 0. The van der Waals surface area contributed by atoms with Gasteiger partial charge in [-0.1, -0.05) is 146 Å². The van der Waals surface area contributed by atoms with E-state index in [4.69, 9.17) is 0 Å². The van der Waals surface area contributed by atoms with Crippen molar-refractivity contribution in [3.8, 4) is 27.9 Å². The van der Waals surface area contributed by atoms with Crippen molar-refractivity contribution < 1.29 is 0 Å². The van der Waals surface area contributed by atoms with Gasteiger partial charge in [0.05, 0.1) is 22.4 Å². The highest BCUT2D eigenvalue weighted by atomic mass is 32.1. The molecular formula is C56H36N2S. The molecule has 0 N–H and O–H groups in total. The van der Waals surface area contributed by atoms with Crippen molar-refractivity contribution >= 4 is 91.9 Å².